The summed E-state index contributed by atoms with van der Waals surface area (Å²) in [5.41, 5.74) is 6.96. The number of thiol groups is 1. The summed E-state index contributed by atoms with van der Waals surface area (Å²) in [6.45, 7) is 0.608. The van der Waals surface area contributed by atoms with Crippen molar-refractivity contribution in [3.05, 3.63) is 107 Å². The first-order valence-corrected chi connectivity index (χ1v) is 18.3. The molecular weight excluding hydrogens is 719 g/mol. The number of aliphatic imine (C=N–C) groups is 2. The number of rotatable bonds is 12. The molecule has 12 nitrogen and oxygen atoms in total. The van der Waals surface area contributed by atoms with Crippen molar-refractivity contribution in [2.45, 2.75) is 31.3 Å². The minimum atomic E-state index is -0.204. The zero-order chi connectivity index (χ0) is 38.1. The van der Waals surface area contributed by atoms with Gasteiger partial charge >= 0.3 is 0 Å². The molecule has 0 bridgehead atoms. The van der Waals surface area contributed by atoms with E-state index in [4.69, 9.17) is 33.7 Å². The molecule has 0 saturated carbocycles. The highest BCUT2D eigenvalue weighted by atomic mass is 32.1. The number of nitrogens with zero attached hydrogens (tertiary/aromatic N) is 4. The Bertz CT molecular complexity index is 2110. The van der Waals surface area contributed by atoms with Crippen molar-refractivity contribution in [2.75, 3.05) is 39.3 Å². The summed E-state index contributed by atoms with van der Waals surface area (Å²) in [4.78, 5) is 40.3. The molecule has 0 unspecified atom stereocenters. The Labute approximate surface area is 324 Å². The molecule has 4 aromatic rings. The highest BCUT2D eigenvalue weighted by molar-refractivity contribution is 7.81. The van der Waals surface area contributed by atoms with Crippen LogP contribution >= 0.6 is 12.8 Å². The maximum absolute atomic E-state index is 13.7. The van der Waals surface area contributed by atoms with E-state index in [1.54, 1.807) is 55.4 Å². The average molecular weight is 758 g/mol. The number of nitrogens with one attached hydrogen (secondary N) is 1. The molecule has 55 heavy (non-hydrogen) atoms. The first kappa shape index (κ1) is 35.8. The third kappa shape index (κ3) is 6.98. The van der Waals surface area contributed by atoms with Crippen LogP contribution in [0.1, 0.15) is 51.1 Å². The van der Waals surface area contributed by atoms with Gasteiger partial charge in [-0.25, -0.2) is 0 Å². The Morgan fingerprint density at radius 3 is 1.56 bits per heavy atom. The molecule has 13 heteroatoms. The monoisotopic (exact) mass is 757 g/mol. The topological polar surface area (TPSA) is 124 Å². The Kier molecular flexibility index (Phi) is 9.94. The molecule has 0 aromatic heterocycles. The third-order valence-electron chi connectivity index (χ3n) is 10.1. The summed E-state index contributed by atoms with van der Waals surface area (Å²) in [7, 11) is 4.72. The fraction of sp³-hybridized carbons (Fsp3) is 0.238. The van der Waals surface area contributed by atoms with Gasteiger partial charge in [-0.15, -0.1) is 0 Å². The number of hydrogen-bond acceptors (Lipinski definition) is 11. The lowest BCUT2D eigenvalue weighted by molar-refractivity contribution is 0.0809. The van der Waals surface area contributed by atoms with Gasteiger partial charge in [0.05, 0.1) is 69.1 Å². The summed E-state index contributed by atoms with van der Waals surface area (Å²) in [6.07, 6.45) is 9.24. The normalized spacial score (nSPS) is 18.0. The van der Waals surface area contributed by atoms with Crippen LogP contribution in [0, 0.1) is 0 Å². The van der Waals surface area contributed by atoms with E-state index in [-0.39, 0.29) is 23.9 Å². The fourth-order valence-electron chi connectivity index (χ4n) is 7.13. The maximum atomic E-state index is 13.7. The fourth-order valence-corrected chi connectivity index (χ4v) is 7.28. The van der Waals surface area contributed by atoms with E-state index >= 15 is 0 Å². The quantitative estimate of drug-likeness (QED) is 0.111. The van der Waals surface area contributed by atoms with Crippen LogP contribution in [0.4, 0.5) is 17.1 Å². The Morgan fingerprint density at radius 1 is 0.655 bits per heavy atom. The smallest absolute Gasteiger partial charge is 0.260 e. The van der Waals surface area contributed by atoms with E-state index in [2.05, 4.69) is 17.5 Å². The maximum Gasteiger partial charge on any atom is 0.260 e. The molecule has 2 amide bonds. The molecule has 1 N–H and O–H groups in total. The number of benzene rings is 4. The number of carbonyl (C=O) groups is 2. The molecule has 8 rings (SSSR count). The summed E-state index contributed by atoms with van der Waals surface area (Å²) in [5, 5.41) is 0. The lowest BCUT2D eigenvalue weighted by atomic mass is 10.0. The third-order valence-corrected chi connectivity index (χ3v) is 10.3. The summed E-state index contributed by atoms with van der Waals surface area (Å²) < 4.78 is 31.6. The second-order valence-electron chi connectivity index (χ2n) is 13.3. The molecule has 280 valence electrons. The van der Waals surface area contributed by atoms with E-state index in [9.17, 15) is 9.59 Å². The SMILES string of the molecule is COc1ccc(C2=CN3C(=O)c4cc(OC)c(OCCCOc5cc6c(cc5OC)C(=O)N5C=C(c7ccc(NS)cc7)C[C@H]5C=N6)cc4N=C[C@@H]3C2)cc1. The molecule has 0 aliphatic carbocycles. The molecule has 4 aliphatic rings. The lowest BCUT2D eigenvalue weighted by Crippen LogP contribution is -2.32. The second-order valence-corrected chi connectivity index (χ2v) is 13.6. The van der Waals surface area contributed by atoms with Crippen molar-refractivity contribution in [3.63, 3.8) is 0 Å². The standard InChI is InChI=1S/C42H39N5O7S/c1-50-32-11-7-26(8-12-32)28-16-31-22-44-36-20-40(38(52-3)18-34(36)42(49)47(31)24-28)54-14-4-13-53-39-19-35-33(17-37(39)51-2)41(48)46-23-27(15-30(46)21-43-35)25-5-9-29(45-55)10-6-25/h5-12,17-24,30-31,45,55H,4,13-16H2,1-3H3/t30-,31-/m0/s1. The molecule has 0 fully saturated rings. The number of hydrogen-bond donors (Lipinski definition) is 2. The van der Waals surface area contributed by atoms with Crippen LogP contribution < -0.4 is 28.4 Å². The predicted molar refractivity (Wildman–Crippen MR) is 215 cm³/mol. The van der Waals surface area contributed by atoms with Gasteiger partial charge in [-0.3, -0.25) is 19.6 Å². The zero-order valence-corrected chi connectivity index (χ0v) is 31.4. The van der Waals surface area contributed by atoms with Gasteiger partial charge in [0.15, 0.2) is 23.0 Å². The highest BCUT2D eigenvalue weighted by Gasteiger charge is 2.35. The van der Waals surface area contributed by atoms with E-state index in [1.807, 2.05) is 73.4 Å². The van der Waals surface area contributed by atoms with Gasteiger partial charge in [-0.2, -0.15) is 0 Å². The van der Waals surface area contributed by atoms with Crippen LogP contribution in [0.3, 0.4) is 0 Å². The molecule has 4 heterocycles. The van der Waals surface area contributed by atoms with Gasteiger partial charge in [0.1, 0.15) is 5.75 Å². The highest BCUT2D eigenvalue weighted by Crippen LogP contribution is 2.42. The Balaban J connectivity index is 0.906. The van der Waals surface area contributed by atoms with Gasteiger partial charge < -0.3 is 38.2 Å². The number of carbonyl (C=O) groups excluding carboxylic acids is 2. The average Bonchev–Trinajstić information content (AvgIpc) is 3.80. The molecular formula is C42H39N5O7S. The van der Waals surface area contributed by atoms with Gasteiger partial charge in [-0.1, -0.05) is 37.1 Å². The van der Waals surface area contributed by atoms with Gasteiger partial charge in [0, 0.05) is 61.9 Å². The number of ether oxygens (including phenoxy) is 5. The van der Waals surface area contributed by atoms with Crippen LogP contribution in [-0.2, 0) is 0 Å². The first-order valence-electron chi connectivity index (χ1n) is 17.9. The van der Waals surface area contributed by atoms with E-state index < -0.39 is 0 Å². The van der Waals surface area contributed by atoms with Crippen LogP contribution in [0.25, 0.3) is 11.1 Å². The Morgan fingerprint density at radius 2 is 1.13 bits per heavy atom. The van der Waals surface area contributed by atoms with Crippen molar-refractivity contribution in [2.24, 2.45) is 9.98 Å². The van der Waals surface area contributed by atoms with E-state index in [0.717, 1.165) is 33.7 Å². The minimum Gasteiger partial charge on any atom is -0.497 e. The Hall–Kier alpha value is -6.21. The number of amides is 2. The zero-order valence-electron chi connectivity index (χ0n) is 30.5. The van der Waals surface area contributed by atoms with Crippen LogP contribution in [0.2, 0.25) is 0 Å². The molecule has 4 aliphatic heterocycles. The first-order chi connectivity index (χ1) is 26.9. The summed E-state index contributed by atoms with van der Waals surface area (Å²) in [5.74, 6) is 2.28. The lowest BCUT2D eigenvalue weighted by Gasteiger charge is -2.19. The molecule has 0 saturated heterocycles. The molecule has 0 spiro atoms. The molecule has 0 radical (unpaired) electrons. The summed E-state index contributed by atoms with van der Waals surface area (Å²) >= 11 is 4.10. The van der Waals surface area contributed by atoms with Crippen LogP contribution in [0.5, 0.6) is 28.7 Å². The summed E-state index contributed by atoms with van der Waals surface area (Å²) in [6, 6.07) is 22.1. The number of methoxy groups -OCH3 is 3. The number of anilines is 1. The second kappa shape index (κ2) is 15.3. The van der Waals surface area contributed by atoms with E-state index in [1.165, 1.54) is 0 Å². The predicted octanol–water partition coefficient (Wildman–Crippen LogP) is 7.76. The van der Waals surface area contributed by atoms with Gasteiger partial charge in [0.2, 0.25) is 0 Å². The van der Waals surface area contributed by atoms with Crippen molar-refractivity contribution < 1.29 is 33.3 Å². The van der Waals surface area contributed by atoms with Crippen molar-refractivity contribution in [1.29, 1.82) is 0 Å². The van der Waals surface area contributed by atoms with Gasteiger partial charge in [-0.05, 0) is 58.7 Å². The van der Waals surface area contributed by atoms with Crippen molar-refractivity contribution >= 4 is 65.3 Å². The van der Waals surface area contributed by atoms with Crippen molar-refractivity contribution in [3.8, 4) is 28.7 Å². The van der Waals surface area contributed by atoms with Crippen LogP contribution in [-0.4, -0.2) is 80.7 Å². The van der Waals surface area contributed by atoms with Crippen LogP contribution in [0.15, 0.2) is 95.2 Å². The van der Waals surface area contributed by atoms with E-state index in [0.29, 0.717) is 78.0 Å². The largest absolute Gasteiger partial charge is 0.497 e. The molecule has 2 atom stereocenters. The van der Waals surface area contributed by atoms with Gasteiger partial charge in [0.25, 0.3) is 11.8 Å². The minimum absolute atomic E-state index is 0.157. The number of fused-ring (bicyclic) bond motifs is 4. The van der Waals surface area contributed by atoms with Crippen molar-refractivity contribution in [1.82, 2.24) is 9.80 Å². The molecule has 4 aromatic carbocycles.